The molecule has 0 aliphatic carbocycles. The van der Waals surface area contributed by atoms with Crippen LogP contribution in [-0.4, -0.2) is 35.6 Å². The molecule has 0 amide bonds. The summed E-state index contributed by atoms with van der Waals surface area (Å²) < 4.78 is 0. The van der Waals surface area contributed by atoms with E-state index in [0.717, 1.165) is 12.5 Å². The van der Waals surface area contributed by atoms with Crippen LogP contribution in [0.3, 0.4) is 0 Å². The second kappa shape index (κ2) is 6.33. The first-order chi connectivity index (χ1) is 8.97. The van der Waals surface area contributed by atoms with Gasteiger partial charge in [0.15, 0.2) is 0 Å². The van der Waals surface area contributed by atoms with Crippen LogP contribution >= 0.6 is 11.3 Å². The maximum atomic E-state index is 4.52. The normalized spacial score (nSPS) is 22.3. The third kappa shape index (κ3) is 3.77. The number of nitrogens with one attached hydrogen (secondary N) is 1. The Hall–Kier alpha value is -0.450. The van der Waals surface area contributed by atoms with Crippen LogP contribution in [0.15, 0.2) is 0 Å². The summed E-state index contributed by atoms with van der Waals surface area (Å²) >= 11 is 1.83. The average molecular weight is 281 g/mol. The molecule has 0 bridgehead atoms. The number of aryl methyl sites for hydroxylation is 2. The van der Waals surface area contributed by atoms with E-state index >= 15 is 0 Å². The molecule has 1 aromatic heterocycles. The van der Waals surface area contributed by atoms with Crippen LogP contribution in [0.4, 0.5) is 0 Å². The van der Waals surface area contributed by atoms with Crippen LogP contribution in [-0.2, 0) is 0 Å². The second-order valence-corrected chi connectivity index (χ2v) is 7.29. The first-order valence-electron chi connectivity index (χ1n) is 7.38. The molecule has 1 N–H and O–H groups in total. The molecule has 108 valence electrons. The van der Waals surface area contributed by atoms with Gasteiger partial charge in [0, 0.05) is 23.5 Å². The highest BCUT2D eigenvalue weighted by Gasteiger charge is 2.24. The molecule has 1 aromatic rings. The predicted molar refractivity (Wildman–Crippen MR) is 82.8 cm³/mol. The van der Waals surface area contributed by atoms with Crippen molar-refractivity contribution in [3.8, 4) is 0 Å². The summed E-state index contributed by atoms with van der Waals surface area (Å²) in [6.45, 7) is 14.7. The summed E-state index contributed by atoms with van der Waals surface area (Å²) in [6, 6.07) is 1.12. The molecule has 1 aliphatic heterocycles. The van der Waals surface area contributed by atoms with Crippen LogP contribution in [0, 0.1) is 19.8 Å². The Morgan fingerprint density at radius 2 is 2.11 bits per heavy atom. The predicted octanol–water partition coefficient (Wildman–Crippen LogP) is 3.14. The Morgan fingerprint density at radius 1 is 1.37 bits per heavy atom. The van der Waals surface area contributed by atoms with Gasteiger partial charge < -0.3 is 10.2 Å². The molecule has 3 nitrogen and oxygen atoms in total. The number of likely N-dealkylation sites (tertiary alicyclic amines) is 1. The maximum Gasteiger partial charge on any atom is 0.0900 e. The second-order valence-electron chi connectivity index (χ2n) is 6.06. The summed E-state index contributed by atoms with van der Waals surface area (Å²) in [6.07, 6.45) is 1.33. The van der Waals surface area contributed by atoms with E-state index in [9.17, 15) is 0 Å². The molecule has 0 radical (unpaired) electrons. The zero-order valence-corrected chi connectivity index (χ0v) is 13.7. The first kappa shape index (κ1) is 14.9. The average Bonchev–Trinajstić information content (AvgIpc) is 2.93. The fraction of sp³-hybridized carbons (Fsp3) is 0.800. The van der Waals surface area contributed by atoms with Gasteiger partial charge in [-0.15, -0.1) is 11.3 Å². The molecule has 2 atom stereocenters. The van der Waals surface area contributed by atoms with Crippen molar-refractivity contribution in [3.05, 3.63) is 15.6 Å². The van der Waals surface area contributed by atoms with Gasteiger partial charge in [-0.25, -0.2) is 4.98 Å². The van der Waals surface area contributed by atoms with Gasteiger partial charge in [-0.2, -0.15) is 0 Å². The molecule has 1 saturated heterocycles. The van der Waals surface area contributed by atoms with Gasteiger partial charge in [0.2, 0.25) is 0 Å². The molecule has 2 heterocycles. The number of rotatable bonds is 5. The molecule has 4 heteroatoms. The summed E-state index contributed by atoms with van der Waals surface area (Å²) in [5, 5.41) is 4.87. The summed E-state index contributed by atoms with van der Waals surface area (Å²) in [7, 11) is 0. The van der Waals surface area contributed by atoms with Gasteiger partial charge in [0.1, 0.15) is 0 Å². The quantitative estimate of drug-likeness (QED) is 0.898. The summed E-state index contributed by atoms with van der Waals surface area (Å²) in [5.74, 6) is 0.805. The molecule has 0 aromatic carbocycles. The minimum absolute atomic E-state index is 0.430. The molecule has 2 unspecified atom stereocenters. The minimum atomic E-state index is 0.430. The minimum Gasteiger partial charge on any atom is -0.309 e. The Labute approximate surface area is 121 Å². The number of hydrogen-bond acceptors (Lipinski definition) is 4. The number of hydrogen-bond donors (Lipinski definition) is 1. The van der Waals surface area contributed by atoms with E-state index in [1.54, 1.807) is 0 Å². The number of thiazole rings is 1. The van der Waals surface area contributed by atoms with E-state index in [2.05, 4.69) is 49.8 Å². The van der Waals surface area contributed by atoms with Gasteiger partial charge in [-0.3, -0.25) is 0 Å². The van der Waals surface area contributed by atoms with Crippen LogP contribution in [0.5, 0.6) is 0 Å². The zero-order valence-electron chi connectivity index (χ0n) is 12.9. The van der Waals surface area contributed by atoms with E-state index in [1.165, 1.54) is 35.1 Å². The van der Waals surface area contributed by atoms with Crippen molar-refractivity contribution >= 4 is 11.3 Å². The van der Waals surface area contributed by atoms with E-state index in [0.29, 0.717) is 12.1 Å². The molecule has 0 saturated carbocycles. The lowest BCUT2D eigenvalue weighted by molar-refractivity contribution is 0.263. The summed E-state index contributed by atoms with van der Waals surface area (Å²) in [4.78, 5) is 8.50. The SMILES string of the molecule is Cc1nc(C)c(C(C)NCC2CCN(C(C)C)C2)s1. The molecule has 0 spiro atoms. The van der Waals surface area contributed by atoms with Gasteiger partial charge in [0.05, 0.1) is 10.7 Å². The zero-order chi connectivity index (χ0) is 14.0. The van der Waals surface area contributed by atoms with Crippen LogP contribution in [0.25, 0.3) is 0 Å². The maximum absolute atomic E-state index is 4.52. The largest absolute Gasteiger partial charge is 0.309 e. The lowest BCUT2D eigenvalue weighted by atomic mass is 10.1. The highest BCUT2D eigenvalue weighted by molar-refractivity contribution is 7.11. The highest BCUT2D eigenvalue weighted by Crippen LogP contribution is 2.25. The van der Waals surface area contributed by atoms with Crippen LogP contribution in [0.2, 0.25) is 0 Å². The standard InChI is InChI=1S/C15H27N3S/c1-10(2)18-7-6-14(9-18)8-16-11(3)15-12(4)17-13(5)19-15/h10-11,14,16H,6-9H2,1-5H3. The molecular formula is C15H27N3S. The topological polar surface area (TPSA) is 28.2 Å². The van der Waals surface area contributed by atoms with Crippen molar-refractivity contribution in [2.75, 3.05) is 19.6 Å². The highest BCUT2D eigenvalue weighted by atomic mass is 32.1. The lowest BCUT2D eigenvalue weighted by Gasteiger charge is -2.21. The van der Waals surface area contributed by atoms with Crippen LogP contribution < -0.4 is 5.32 Å². The van der Waals surface area contributed by atoms with Crippen molar-refractivity contribution in [2.45, 2.75) is 53.1 Å². The van der Waals surface area contributed by atoms with Crippen molar-refractivity contribution in [3.63, 3.8) is 0 Å². The Kier molecular flexibility index (Phi) is 4.98. The Bertz CT molecular complexity index is 414. The fourth-order valence-electron chi connectivity index (χ4n) is 2.88. The van der Waals surface area contributed by atoms with Crippen molar-refractivity contribution in [1.82, 2.24) is 15.2 Å². The lowest BCUT2D eigenvalue weighted by Crippen LogP contribution is -2.31. The van der Waals surface area contributed by atoms with Crippen LogP contribution in [0.1, 0.15) is 48.8 Å². The first-order valence-corrected chi connectivity index (χ1v) is 8.20. The number of nitrogens with zero attached hydrogens (tertiary/aromatic N) is 2. The Balaban J connectivity index is 1.81. The van der Waals surface area contributed by atoms with E-state index in [4.69, 9.17) is 0 Å². The van der Waals surface area contributed by atoms with Gasteiger partial charge in [-0.05, 0) is 60.0 Å². The van der Waals surface area contributed by atoms with Crippen molar-refractivity contribution in [2.24, 2.45) is 5.92 Å². The fourth-order valence-corrected chi connectivity index (χ4v) is 3.84. The third-order valence-corrected chi connectivity index (χ3v) is 5.35. The van der Waals surface area contributed by atoms with E-state index in [-0.39, 0.29) is 0 Å². The van der Waals surface area contributed by atoms with Gasteiger partial charge >= 0.3 is 0 Å². The Morgan fingerprint density at radius 3 is 2.63 bits per heavy atom. The molecule has 19 heavy (non-hydrogen) atoms. The van der Waals surface area contributed by atoms with E-state index < -0.39 is 0 Å². The van der Waals surface area contributed by atoms with Gasteiger partial charge in [0.25, 0.3) is 0 Å². The molecule has 1 fully saturated rings. The van der Waals surface area contributed by atoms with Gasteiger partial charge in [-0.1, -0.05) is 0 Å². The molecule has 1 aliphatic rings. The van der Waals surface area contributed by atoms with Crippen molar-refractivity contribution < 1.29 is 0 Å². The monoisotopic (exact) mass is 281 g/mol. The van der Waals surface area contributed by atoms with E-state index in [1.807, 2.05) is 11.3 Å². The summed E-state index contributed by atoms with van der Waals surface area (Å²) in [5.41, 5.74) is 1.19. The molecule has 2 rings (SSSR count). The van der Waals surface area contributed by atoms with Crippen molar-refractivity contribution in [1.29, 1.82) is 0 Å². The molecular weight excluding hydrogens is 254 g/mol. The smallest absolute Gasteiger partial charge is 0.0900 e. The number of aromatic nitrogens is 1. The third-order valence-electron chi connectivity index (χ3n) is 4.09.